The van der Waals surface area contributed by atoms with Crippen molar-refractivity contribution in [3.63, 3.8) is 0 Å². The number of piperidine rings is 1. The number of hydrogen-bond acceptors (Lipinski definition) is 7. The maximum Gasteiger partial charge on any atom is 0.165 e. The fourth-order valence-electron chi connectivity index (χ4n) is 3.60. The van der Waals surface area contributed by atoms with Gasteiger partial charge in [0.2, 0.25) is 0 Å². The predicted molar refractivity (Wildman–Crippen MR) is 118 cm³/mol. The first kappa shape index (κ1) is 19.7. The van der Waals surface area contributed by atoms with Crippen LogP contribution in [0.5, 0.6) is 0 Å². The van der Waals surface area contributed by atoms with Crippen molar-refractivity contribution in [2.45, 2.75) is 25.7 Å². The third-order valence-electron chi connectivity index (χ3n) is 4.98. The molecule has 0 radical (unpaired) electrons. The topological polar surface area (TPSA) is 98.1 Å². The largest absolute Gasteiger partial charge is 0.334 e. The quantitative estimate of drug-likeness (QED) is 0.424. The summed E-state index contributed by atoms with van der Waals surface area (Å²) in [5, 5.41) is 22.5. The molecule has 1 unspecified atom stereocenters. The van der Waals surface area contributed by atoms with E-state index in [0.29, 0.717) is 5.92 Å². The van der Waals surface area contributed by atoms with Crippen molar-refractivity contribution in [1.82, 2.24) is 29.7 Å². The number of rotatable bonds is 6. The highest BCUT2D eigenvalue weighted by atomic mass is 32.2. The summed E-state index contributed by atoms with van der Waals surface area (Å²) in [5.74, 6) is 1.20. The average molecular weight is 411 g/mol. The maximum atomic E-state index is 5.87. The molecule has 0 spiro atoms. The first-order valence-electron chi connectivity index (χ1n) is 9.64. The van der Waals surface area contributed by atoms with Gasteiger partial charge in [0.05, 0.1) is 23.1 Å². The normalized spacial score (nSPS) is 17.6. The van der Waals surface area contributed by atoms with Crippen LogP contribution >= 0.6 is 11.9 Å². The number of anilines is 1. The molecule has 1 aliphatic rings. The van der Waals surface area contributed by atoms with Gasteiger partial charge in [-0.25, -0.2) is 4.98 Å². The molecule has 8 nitrogen and oxygen atoms in total. The van der Waals surface area contributed by atoms with Crippen LogP contribution in [0.25, 0.3) is 16.8 Å². The number of fused-ring (bicyclic) bond motifs is 1. The number of hydrogen-bond donors (Lipinski definition) is 3. The first-order valence-corrected chi connectivity index (χ1v) is 10.5. The summed E-state index contributed by atoms with van der Waals surface area (Å²) in [6, 6.07) is 2.08. The van der Waals surface area contributed by atoms with Gasteiger partial charge in [0, 0.05) is 42.9 Å². The second-order valence-corrected chi connectivity index (χ2v) is 8.08. The van der Waals surface area contributed by atoms with Crippen LogP contribution in [0.15, 0.2) is 47.9 Å². The molecular weight excluding hydrogens is 384 g/mol. The second-order valence-electron chi connectivity index (χ2n) is 7.40. The minimum atomic E-state index is 0.366. The molecule has 3 aromatic heterocycles. The van der Waals surface area contributed by atoms with E-state index in [-0.39, 0.29) is 0 Å². The molecule has 0 aliphatic carbocycles. The van der Waals surface area contributed by atoms with E-state index in [1.807, 2.05) is 43.2 Å². The molecule has 9 heteroatoms. The van der Waals surface area contributed by atoms with Crippen LogP contribution < -0.4 is 15.8 Å². The predicted octanol–water partition coefficient (Wildman–Crippen LogP) is 3.03. The van der Waals surface area contributed by atoms with E-state index in [1.54, 1.807) is 4.68 Å². The molecule has 1 aliphatic heterocycles. The van der Waals surface area contributed by atoms with Crippen LogP contribution in [0, 0.1) is 0 Å². The number of nitrogens with one attached hydrogen (secondary N) is 2. The Labute approximate surface area is 174 Å². The Morgan fingerprint density at radius 2 is 2.28 bits per heavy atom. The third kappa shape index (κ3) is 4.21. The van der Waals surface area contributed by atoms with Crippen molar-refractivity contribution in [2.24, 2.45) is 12.2 Å². The van der Waals surface area contributed by atoms with Crippen molar-refractivity contribution >= 4 is 23.4 Å². The van der Waals surface area contributed by atoms with Crippen molar-refractivity contribution in [3.05, 3.63) is 53.6 Å². The van der Waals surface area contributed by atoms with Gasteiger partial charge in [-0.3, -0.25) is 9.82 Å². The van der Waals surface area contributed by atoms with Crippen LogP contribution in [0.1, 0.15) is 31.4 Å². The average Bonchev–Trinajstić information content (AvgIpc) is 3.33. The summed E-state index contributed by atoms with van der Waals surface area (Å²) in [6.45, 7) is 7.88. The minimum Gasteiger partial charge on any atom is -0.334 e. The van der Waals surface area contributed by atoms with E-state index in [1.165, 1.54) is 0 Å². The summed E-state index contributed by atoms with van der Waals surface area (Å²) in [4.78, 5) is 5.01. The first-order chi connectivity index (χ1) is 14.0. The summed E-state index contributed by atoms with van der Waals surface area (Å²) < 4.78 is 3.61. The Morgan fingerprint density at radius 3 is 2.93 bits per heavy atom. The number of nitrogens with zero attached hydrogens (tertiary/aromatic N) is 5. The lowest BCUT2D eigenvalue weighted by atomic mass is 9.96. The van der Waals surface area contributed by atoms with Gasteiger partial charge in [-0.2, -0.15) is 14.7 Å². The molecule has 29 heavy (non-hydrogen) atoms. The van der Waals surface area contributed by atoms with Crippen molar-refractivity contribution < 1.29 is 0 Å². The zero-order valence-electron chi connectivity index (χ0n) is 16.7. The summed E-state index contributed by atoms with van der Waals surface area (Å²) in [7, 11) is 1.90. The Bertz CT molecular complexity index is 1060. The lowest BCUT2D eigenvalue weighted by Crippen LogP contribution is -2.29. The molecule has 0 aromatic carbocycles. The lowest BCUT2D eigenvalue weighted by Gasteiger charge is -2.23. The molecule has 4 heterocycles. The molecule has 4 N–H and O–H groups in total. The molecule has 0 amide bonds. The zero-order valence-corrected chi connectivity index (χ0v) is 17.5. The molecule has 4 rings (SSSR count). The number of aromatic nitrogens is 5. The van der Waals surface area contributed by atoms with Gasteiger partial charge >= 0.3 is 0 Å². The van der Waals surface area contributed by atoms with Gasteiger partial charge in [0.25, 0.3) is 0 Å². The number of aryl methyl sites for hydroxylation is 1. The van der Waals surface area contributed by atoms with E-state index in [9.17, 15) is 0 Å². The second kappa shape index (κ2) is 8.40. The summed E-state index contributed by atoms with van der Waals surface area (Å²) in [6.07, 6.45) is 9.83. The van der Waals surface area contributed by atoms with E-state index in [0.717, 1.165) is 76.8 Å². The monoisotopic (exact) mass is 410 g/mol. The Kier molecular flexibility index (Phi) is 5.70. The third-order valence-corrected chi connectivity index (χ3v) is 5.45. The van der Waals surface area contributed by atoms with Gasteiger partial charge < -0.3 is 10.6 Å². The molecule has 1 saturated heterocycles. The van der Waals surface area contributed by atoms with Crippen molar-refractivity contribution in [2.75, 3.05) is 18.4 Å². The van der Waals surface area contributed by atoms with Crippen LogP contribution in [0.2, 0.25) is 0 Å². The standard InChI is InChI=1S/C20H26N8S/c1-13(2)7-19(29-21)26-18-8-17(14-5-4-6-22-9-14)25-20-16(11-24-28(18)20)15-10-23-27(3)12-15/h7-8,10-12,14,22,26H,1,4-6,9,21H2,2-3H3/b19-7-. The van der Waals surface area contributed by atoms with Gasteiger partial charge in [0.1, 0.15) is 5.82 Å². The minimum absolute atomic E-state index is 0.366. The van der Waals surface area contributed by atoms with Gasteiger partial charge in [-0.15, -0.1) is 0 Å². The van der Waals surface area contributed by atoms with Crippen LogP contribution in [-0.2, 0) is 7.05 Å². The molecule has 1 atom stereocenters. The van der Waals surface area contributed by atoms with Gasteiger partial charge in [-0.1, -0.05) is 12.2 Å². The van der Waals surface area contributed by atoms with Gasteiger partial charge in [-0.05, 0) is 44.3 Å². The van der Waals surface area contributed by atoms with E-state index >= 15 is 0 Å². The van der Waals surface area contributed by atoms with Gasteiger partial charge in [0.15, 0.2) is 5.65 Å². The molecule has 152 valence electrons. The van der Waals surface area contributed by atoms with Crippen molar-refractivity contribution in [3.8, 4) is 11.1 Å². The number of allylic oxidation sites excluding steroid dienone is 2. The Morgan fingerprint density at radius 1 is 1.41 bits per heavy atom. The highest BCUT2D eigenvalue weighted by Gasteiger charge is 2.21. The summed E-state index contributed by atoms with van der Waals surface area (Å²) in [5.41, 5.74) is 4.72. The fourth-order valence-corrected chi connectivity index (χ4v) is 4.03. The fraction of sp³-hybridized carbons (Fsp3) is 0.350. The van der Waals surface area contributed by atoms with E-state index < -0.39 is 0 Å². The highest BCUT2D eigenvalue weighted by molar-refractivity contribution is 8.01. The van der Waals surface area contributed by atoms with E-state index in [2.05, 4.69) is 33.5 Å². The maximum absolute atomic E-state index is 5.87. The van der Waals surface area contributed by atoms with Crippen LogP contribution in [0.3, 0.4) is 0 Å². The van der Waals surface area contributed by atoms with Crippen LogP contribution in [0.4, 0.5) is 5.82 Å². The Hall–Kier alpha value is -2.62. The molecule has 0 bridgehead atoms. The molecule has 3 aromatic rings. The molecular formula is C20H26N8S. The summed E-state index contributed by atoms with van der Waals surface area (Å²) >= 11 is 1.15. The molecule has 0 saturated carbocycles. The van der Waals surface area contributed by atoms with Crippen molar-refractivity contribution in [1.29, 1.82) is 0 Å². The zero-order chi connectivity index (χ0) is 20.4. The Balaban J connectivity index is 1.84. The number of nitrogens with two attached hydrogens (primary N) is 1. The smallest absolute Gasteiger partial charge is 0.165 e. The lowest BCUT2D eigenvalue weighted by molar-refractivity contribution is 0.455. The molecule has 1 fully saturated rings. The van der Waals surface area contributed by atoms with Crippen LogP contribution in [-0.4, -0.2) is 37.5 Å². The highest BCUT2D eigenvalue weighted by Crippen LogP contribution is 2.30. The SMILES string of the molecule is C=C(C)/C=C(/Nc1cc(C2CCCNC2)nc2c(-c3cnn(C)c3)cnn12)SN. The van der Waals surface area contributed by atoms with E-state index in [4.69, 9.17) is 10.1 Å².